The molecular formula is C15H27BO2Si. The minimum absolute atomic E-state index is 0.572. The number of hydrogen-bond acceptors (Lipinski definition) is 2. The normalized spacial score (nSPS) is 12.6. The van der Waals surface area contributed by atoms with Crippen molar-refractivity contribution >= 4 is 25.8 Å². The summed E-state index contributed by atoms with van der Waals surface area (Å²) in [5.74, 6) is 0. The van der Waals surface area contributed by atoms with Crippen molar-refractivity contribution in [1.82, 2.24) is 0 Å². The van der Waals surface area contributed by atoms with E-state index in [2.05, 4.69) is 53.7 Å². The fourth-order valence-electron chi connectivity index (χ4n) is 3.94. The van der Waals surface area contributed by atoms with Gasteiger partial charge in [0.05, 0.1) is 8.07 Å². The summed E-state index contributed by atoms with van der Waals surface area (Å²) < 4.78 is 0. The molecule has 0 spiro atoms. The van der Waals surface area contributed by atoms with Gasteiger partial charge < -0.3 is 10.0 Å². The predicted molar refractivity (Wildman–Crippen MR) is 86.9 cm³/mol. The van der Waals surface area contributed by atoms with Gasteiger partial charge in [0.25, 0.3) is 0 Å². The molecule has 0 aliphatic carbocycles. The van der Waals surface area contributed by atoms with E-state index < -0.39 is 15.2 Å². The van der Waals surface area contributed by atoms with Crippen molar-refractivity contribution in [1.29, 1.82) is 0 Å². The molecule has 19 heavy (non-hydrogen) atoms. The molecule has 0 aliphatic rings. The molecule has 4 heteroatoms. The molecule has 0 unspecified atom stereocenters. The molecule has 0 radical (unpaired) electrons. The lowest BCUT2D eigenvalue weighted by Crippen LogP contribution is -2.55. The molecule has 0 amide bonds. The van der Waals surface area contributed by atoms with Crippen LogP contribution in [-0.4, -0.2) is 25.2 Å². The van der Waals surface area contributed by atoms with Crippen LogP contribution in [0.1, 0.15) is 41.5 Å². The third-order valence-corrected chi connectivity index (χ3v) is 11.6. The summed E-state index contributed by atoms with van der Waals surface area (Å²) in [6.07, 6.45) is 0. The van der Waals surface area contributed by atoms with Crippen molar-refractivity contribution in [2.75, 3.05) is 0 Å². The van der Waals surface area contributed by atoms with E-state index in [-0.39, 0.29) is 0 Å². The standard InChI is InChI=1S/C15H27BO2Si/c1-11(2)19(12(3)4,13(5)6)15-9-7-14(8-10-15)16(17)18/h7-13,17-18H,1-6H3. The smallest absolute Gasteiger partial charge is 0.423 e. The van der Waals surface area contributed by atoms with Gasteiger partial charge in [0.15, 0.2) is 0 Å². The zero-order chi connectivity index (χ0) is 14.8. The van der Waals surface area contributed by atoms with Crippen LogP contribution in [0.25, 0.3) is 0 Å². The number of hydrogen-bond donors (Lipinski definition) is 2. The Morgan fingerprint density at radius 3 is 1.42 bits per heavy atom. The highest BCUT2D eigenvalue weighted by Gasteiger charge is 2.44. The Balaban J connectivity index is 3.33. The number of benzene rings is 1. The van der Waals surface area contributed by atoms with Gasteiger partial charge in [-0.3, -0.25) is 0 Å². The first-order valence-electron chi connectivity index (χ1n) is 7.21. The molecule has 2 nitrogen and oxygen atoms in total. The molecule has 0 bridgehead atoms. The first-order chi connectivity index (χ1) is 8.74. The van der Waals surface area contributed by atoms with Gasteiger partial charge in [0.2, 0.25) is 0 Å². The van der Waals surface area contributed by atoms with Crippen molar-refractivity contribution in [2.24, 2.45) is 0 Å². The fraction of sp³-hybridized carbons (Fsp3) is 0.600. The minimum atomic E-state index is -1.62. The summed E-state index contributed by atoms with van der Waals surface area (Å²) in [6, 6.07) is 7.94. The third-order valence-electron chi connectivity index (χ3n) is 4.57. The van der Waals surface area contributed by atoms with E-state index in [1.165, 1.54) is 5.19 Å². The summed E-state index contributed by atoms with van der Waals surface area (Å²) in [7, 11) is -3.00. The van der Waals surface area contributed by atoms with E-state index in [1.807, 2.05) is 12.1 Å². The zero-order valence-electron chi connectivity index (χ0n) is 13.0. The van der Waals surface area contributed by atoms with E-state index in [9.17, 15) is 10.0 Å². The molecule has 2 N–H and O–H groups in total. The maximum atomic E-state index is 9.21. The molecule has 106 valence electrons. The van der Waals surface area contributed by atoms with Crippen LogP contribution in [0.4, 0.5) is 0 Å². The first kappa shape index (κ1) is 16.5. The molecular weight excluding hydrogens is 251 g/mol. The molecule has 0 saturated heterocycles. The fourth-order valence-corrected chi connectivity index (χ4v) is 10.7. The molecule has 0 saturated carbocycles. The lowest BCUT2D eigenvalue weighted by atomic mass is 9.81. The predicted octanol–water partition coefficient (Wildman–Crippen LogP) is 2.25. The highest BCUT2D eigenvalue weighted by Crippen LogP contribution is 2.40. The second kappa shape index (κ2) is 6.25. The van der Waals surface area contributed by atoms with E-state index in [1.54, 1.807) is 0 Å². The van der Waals surface area contributed by atoms with Crippen LogP contribution < -0.4 is 10.6 Å². The molecule has 0 heterocycles. The highest BCUT2D eigenvalue weighted by atomic mass is 28.3. The summed E-state index contributed by atoms with van der Waals surface area (Å²) in [5, 5.41) is 19.9. The summed E-state index contributed by atoms with van der Waals surface area (Å²) in [4.78, 5) is 0. The van der Waals surface area contributed by atoms with Gasteiger partial charge in [-0.2, -0.15) is 0 Å². The second-order valence-corrected chi connectivity index (χ2v) is 12.3. The summed E-state index contributed by atoms with van der Waals surface area (Å²) in [5.41, 5.74) is 2.56. The zero-order valence-corrected chi connectivity index (χ0v) is 14.0. The summed E-state index contributed by atoms with van der Waals surface area (Å²) >= 11 is 0. The average Bonchev–Trinajstić information content (AvgIpc) is 2.28. The van der Waals surface area contributed by atoms with Gasteiger partial charge in [-0.25, -0.2) is 0 Å². The molecule has 0 aromatic heterocycles. The van der Waals surface area contributed by atoms with Crippen LogP contribution in [0.15, 0.2) is 24.3 Å². The summed E-state index contributed by atoms with van der Waals surface area (Å²) in [6.45, 7) is 14.0. The van der Waals surface area contributed by atoms with Crippen molar-refractivity contribution in [3.63, 3.8) is 0 Å². The average molecular weight is 278 g/mol. The van der Waals surface area contributed by atoms with Crippen LogP contribution in [0.3, 0.4) is 0 Å². The minimum Gasteiger partial charge on any atom is -0.423 e. The van der Waals surface area contributed by atoms with Gasteiger partial charge in [-0.05, 0) is 22.1 Å². The van der Waals surface area contributed by atoms with Gasteiger partial charge in [-0.15, -0.1) is 0 Å². The van der Waals surface area contributed by atoms with Crippen LogP contribution in [-0.2, 0) is 0 Å². The Labute approximate surface area is 119 Å². The Bertz CT molecular complexity index is 377. The van der Waals surface area contributed by atoms with Gasteiger partial charge in [0, 0.05) is 0 Å². The lowest BCUT2D eigenvalue weighted by molar-refractivity contribution is 0.426. The van der Waals surface area contributed by atoms with Crippen molar-refractivity contribution in [2.45, 2.75) is 58.2 Å². The molecule has 0 atom stereocenters. The van der Waals surface area contributed by atoms with E-state index in [4.69, 9.17) is 0 Å². The molecule has 0 aliphatic heterocycles. The van der Waals surface area contributed by atoms with Crippen LogP contribution in [0.5, 0.6) is 0 Å². The molecule has 0 fully saturated rings. The second-order valence-electron chi connectivity index (χ2n) is 6.39. The topological polar surface area (TPSA) is 40.5 Å². The van der Waals surface area contributed by atoms with Gasteiger partial charge >= 0.3 is 7.12 Å². The monoisotopic (exact) mass is 278 g/mol. The molecule has 1 aromatic rings. The molecule has 1 rings (SSSR count). The largest absolute Gasteiger partial charge is 0.488 e. The maximum Gasteiger partial charge on any atom is 0.488 e. The van der Waals surface area contributed by atoms with Crippen LogP contribution in [0, 0.1) is 0 Å². The van der Waals surface area contributed by atoms with Crippen LogP contribution in [0.2, 0.25) is 16.6 Å². The Kier molecular flexibility index (Phi) is 5.42. The lowest BCUT2D eigenvalue weighted by Gasteiger charge is -2.43. The van der Waals surface area contributed by atoms with E-state index in [0.717, 1.165) is 0 Å². The SMILES string of the molecule is CC(C)[Si](c1ccc(B(O)O)cc1)(C(C)C)C(C)C. The highest BCUT2D eigenvalue weighted by molar-refractivity contribution is 6.95. The third kappa shape index (κ3) is 2.96. The maximum absolute atomic E-state index is 9.21. The van der Waals surface area contributed by atoms with Crippen molar-refractivity contribution in [3.8, 4) is 0 Å². The Morgan fingerprint density at radius 1 is 0.789 bits per heavy atom. The van der Waals surface area contributed by atoms with Crippen molar-refractivity contribution in [3.05, 3.63) is 24.3 Å². The Morgan fingerprint density at radius 2 is 1.16 bits per heavy atom. The van der Waals surface area contributed by atoms with Gasteiger partial charge in [0.1, 0.15) is 0 Å². The van der Waals surface area contributed by atoms with E-state index in [0.29, 0.717) is 22.1 Å². The first-order valence-corrected chi connectivity index (χ1v) is 9.44. The quantitative estimate of drug-likeness (QED) is 0.811. The van der Waals surface area contributed by atoms with Crippen LogP contribution >= 0.6 is 0 Å². The van der Waals surface area contributed by atoms with Gasteiger partial charge in [-0.1, -0.05) is 71.0 Å². The number of rotatable bonds is 5. The van der Waals surface area contributed by atoms with E-state index >= 15 is 0 Å². The Hall–Kier alpha value is -0.578. The molecule has 1 aromatic carbocycles. The van der Waals surface area contributed by atoms with Crippen molar-refractivity contribution < 1.29 is 10.0 Å².